The Bertz CT molecular complexity index is 314. The van der Waals surface area contributed by atoms with E-state index >= 15 is 0 Å². The van der Waals surface area contributed by atoms with Crippen molar-refractivity contribution in [2.75, 3.05) is 23.7 Å². The summed E-state index contributed by atoms with van der Waals surface area (Å²) in [6.45, 7) is 1.08. The maximum absolute atomic E-state index is 5.12. The third kappa shape index (κ3) is 3.13. The zero-order valence-corrected chi connectivity index (χ0v) is 7.88. The van der Waals surface area contributed by atoms with E-state index in [4.69, 9.17) is 12.8 Å². The number of benzene rings is 1. The predicted octanol–water partition coefficient (Wildman–Crippen LogP) is 1.78. The Hall–Kier alpha value is -2.06. The first-order valence-electron chi connectivity index (χ1n) is 4.31. The summed E-state index contributed by atoms with van der Waals surface area (Å²) in [6, 6.07) is 7.82. The van der Waals surface area contributed by atoms with Crippen molar-refractivity contribution in [2.45, 2.75) is 0 Å². The van der Waals surface area contributed by atoms with Gasteiger partial charge < -0.3 is 10.6 Å². The molecule has 2 heteroatoms. The van der Waals surface area contributed by atoms with Crippen LogP contribution in [0.25, 0.3) is 0 Å². The van der Waals surface area contributed by atoms with E-state index < -0.39 is 0 Å². The molecule has 0 atom stereocenters. The van der Waals surface area contributed by atoms with Crippen LogP contribution >= 0.6 is 0 Å². The largest absolute Gasteiger partial charge is 0.374 e. The first-order chi connectivity index (χ1) is 6.86. The number of anilines is 2. The summed E-state index contributed by atoms with van der Waals surface area (Å²) in [5.74, 6) is 5.02. The minimum Gasteiger partial charge on any atom is -0.374 e. The summed E-state index contributed by atoms with van der Waals surface area (Å²) >= 11 is 0. The van der Waals surface area contributed by atoms with Gasteiger partial charge in [0.2, 0.25) is 0 Å². The molecule has 1 rings (SSSR count). The minimum atomic E-state index is 0.539. The van der Waals surface area contributed by atoms with Gasteiger partial charge in [0.1, 0.15) is 0 Å². The summed E-state index contributed by atoms with van der Waals surface area (Å²) in [5, 5.41) is 6.15. The Labute approximate surface area is 84.7 Å². The van der Waals surface area contributed by atoms with Gasteiger partial charge in [0.25, 0.3) is 0 Å². The van der Waals surface area contributed by atoms with Crippen LogP contribution < -0.4 is 10.6 Å². The zero-order chi connectivity index (χ0) is 10.2. The van der Waals surface area contributed by atoms with E-state index in [9.17, 15) is 0 Å². The second-order valence-electron chi connectivity index (χ2n) is 2.69. The second-order valence-corrected chi connectivity index (χ2v) is 2.69. The quantitative estimate of drug-likeness (QED) is 0.697. The molecule has 1 aromatic rings. The van der Waals surface area contributed by atoms with Gasteiger partial charge >= 0.3 is 0 Å². The molecule has 0 heterocycles. The van der Waals surface area contributed by atoms with Crippen LogP contribution in [0.15, 0.2) is 24.3 Å². The van der Waals surface area contributed by atoms with Crippen LogP contribution in [-0.4, -0.2) is 13.1 Å². The molecular formula is C12H12N2. The van der Waals surface area contributed by atoms with Crippen molar-refractivity contribution in [3.05, 3.63) is 24.3 Å². The van der Waals surface area contributed by atoms with E-state index in [0.29, 0.717) is 13.1 Å². The van der Waals surface area contributed by atoms with Crippen LogP contribution in [-0.2, 0) is 0 Å². The Morgan fingerprint density at radius 1 is 0.857 bits per heavy atom. The van der Waals surface area contributed by atoms with Crippen molar-refractivity contribution >= 4 is 11.4 Å². The van der Waals surface area contributed by atoms with Gasteiger partial charge in [-0.25, -0.2) is 0 Å². The normalized spacial score (nSPS) is 8.43. The van der Waals surface area contributed by atoms with Crippen LogP contribution in [0.4, 0.5) is 11.4 Å². The summed E-state index contributed by atoms with van der Waals surface area (Å²) in [7, 11) is 0. The van der Waals surface area contributed by atoms with Gasteiger partial charge in [0.15, 0.2) is 0 Å². The summed E-state index contributed by atoms with van der Waals surface area (Å²) in [6.07, 6.45) is 10.2. The molecule has 0 saturated heterocycles. The molecule has 0 unspecified atom stereocenters. The second kappa shape index (κ2) is 5.56. The van der Waals surface area contributed by atoms with Crippen molar-refractivity contribution < 1.29 is 0 Å². The topological polar surface area (TPSA) is 24.1 Å². The molecule has 0 aliphatic rings. The molecule has 14 heavy (non-hydrogen) atoms. The van der Waals surface area contributed by atoms with Gasteiger partial charge in [0.05, 0.1) is 13.1 Å². The highest BCUT2D eigenvalue weighted by molar-refractivity contribution is 5.54. The van der Waals surface area contributed by atoms with E-state index in [0.717, 1.165) is 11.4 Å². The van der Waals surface area contributed by atoms with Gasteiger partial charge in [0, 0.05) is 11.4 Å². The van der Waals surface area contributed by atoms with Gasteiger partial charge in [-0.1, -0.05) is 11.8 Å². The molecule has 0 aromatic heterocycles. The predicted molar refractivity (Wildman–Crippen MR) is 61.1 cm³/mol. The lowest BCUT2D eigenvalue weighted by molar-refractivity contribution is 1.35. The van der Waals surface area contributed by atoms with E-state index in [1.165, 1.54) is 0 Å². The van der Waals surface area contributed by atoms with Crippen LogP contribution in [0.5, 0.6) is 0 Å². The van der Waals surface area contributed by atoms with Gasteiger partial charge in [-0.2, -0.15) is 0 Å². The highest BCUT2D eigenvalue weighted by Crippen LogP contribution is 2.12. The van der Waals surface area contributed by atoms with E-state index in [-0.39, 0.29) is 0 Å². The average Bonchev–Trinajstić information content (AvgIpc) is 2.25. The maximum Gasteiger partial charge on any atom is 0.0763 e. The third-order valence-electron chi connectivity index (χ3n) is 1.67. The smallest absolute Gasteiger partial charge is 0.0763 e. The summed E-state index contributed by atoms with van der Waals surface area (Å²) in [4.78, 5) is 0. The number of nitrogens with one attached hydrogen (secondary N) is 2. The van der Waals surface area contributed by atoms with E-state index in [1.807, 2.05) is 24.3 Å². The fraction of sp³-hybridized carbons (Fsp3) is 0.167. The molecule has 2 N–H and O–H groups in total. The average molecular weight is 184 g/mol. The summed E-state index contributed by atoms with van der Waals surface area (Å²) in [5.41, 5.74) is 2.02. The van der Waals surface area contributed by atoms with Crippen LogP contribution in [0, 0.1) is 24.7 Å². The highest BCUT2D eigenvalue weighted by atomic mass is 14.9. The maximum atomic E-state index is 5.12. The van der Waals surface area contributed by atoms with Crippen molar-refractivity contribution in [1.82, 2.24) is 0 Å². The van der Waals surface area contributed by atoms with Gasteiger partial charge in [-0.15, -0.1) is 12.8 Å². The lowest BCUT2D eigenvalue weighted by Gasteiger charge is -2.05. The van der Waals surface area contributed by atoms with Crippen molar-refractivity contribution in [1.29, 1.82) is 0 Å². The van der Waals surface area contributed by atoms with Crippen LogP contribution in [0.3, 0.4) is 0 Å². The lowest BCUT2D eigenvalue weighted by Crippen LogP contribution is -2.00. The standard InChI is InChI=1S/C12H12N2/c1-3-9-13-11-5-7-12(8-6-11)14-10-4-2/h1-2,5-8,13-14H,9-10H2. The molecule has 0 saturated carbocycles. The number of rotatable bonds is 4. The minimum absolute atomic E-state index is 0.539. The molecule has 0 aliphatic heterocycles. The highest BCUT2D eigenvalue weighted by Gasteiger charge is 1.91. The molecule has 0 aliphatic carbocycles. The van der Waals surface area contributed by atoms with Crippen molar-refractivity contribution in [3.63, 3.8) is 0 Å². The Morgan fingerprint density at radius 2 is 1.21 bits per heavy atom. The lowest BCUT2D eigenvalue weighted by atomic mass is 10.3. The van der Waals surface area contributed by atoms with E-state index in [1.54, 1.807) is 0 Å². The summed E-state index contributed by atoms with van der Waals surface area (Å²) < 4.78 is 0. The van der Waals surface area contributed by atoms with Crippen LogP contribution in [0.1, 0.15) is 0 Å². The molecular weight excluding hydrogens is 172 g/mol. The Balaban J connectivity index is 2.52. The van der Waals surface area contributed by atoms with E-state index in [2.05, 4.69) is 22.5 Å². The first kappa shape index (κ1) is 10.0. The molecule has 0 radical (unpaired) electrons. The third-order valence-corrected chi connectivity index (χ3v) is 1.67. The number of hydrogen-bond donors (Lipinski definition) is 2. The Morgan fingerprint density at radius 3 is 1.50 bits per heavy atom. The molecule has 0 amide bonds. The van der Waals surface area contributed by atoms with Crippen LogP contribution in [0.2, 0.25) is 0 Å². The molecule has 2 nitrogen and oxygen atoms in total. The molecule has 70 valence electrons. The van der Waals surface area contributed by atoms with Gasteiger partial charge in [-0.05, 0) is 24.3 Å². The SMILES string of the molecule is C#CCNc1ccc(NCC#C)cc1. The van der Waals surface area contributed by atoms with Crippen molar-refractivity contribution in [3.8, 4) is 24.7 Å². The fourth-order valence-corrected chi connectivity index (χ4v) is 1.01. The molecule has 0 bridgehead atoms. The fourth-order valence-electron chi connectivity index (χ4n) is 1.01. The monoisotopic (exact) mass is 184 g/mol. The Kier molecular flexibility index (Phi) is 3.98. The molecule has 0 fully saturated rings. The van der Waals surface area contributed by atoms with Crippen molar-refractivity contribution in [2.24, 2.45) is 0 Å². The number of terminal acetylenes is 2. The molecule has 1 aromatic carbocycles. The van der Waals surface area contributed by atoms with Gasteiger partial charge in [-0.3, -0.25) is 0 Å². The zero-order valence-electron chi connectivity index (χ0n) is 7.88. The number of hydrogen-bond acceptors (Lipinski definition) is 2. The molecule has 0 spiro atoms. The first-order valence-corrected chi connectivity index (χ1v) is 4.31.